The van der Waals surface area contributed by atoms with E-state index in [0.717, 1.165) is 5.39 Å². The van der Waals surface area contributed by atoms with Crippen LogP contribution in [0.2, 0.25) is 0 Å². The molecule has 9 nitrogen and oxygen atoms in total. The van der Waals surface area contributed by atoms with Crippen LogP contribution in [-0.4, -0.2) is 37.8 Å². The molecule has 1 atom stereocenters. The molecule has 3 rings (SSSR count). The average Bonchev–Trinajstić information content (AvgIpc) is 2.81. The number of hydrogen-bond donors (Lipinski definition) is 2. The van der Waals surface area contributed by atoms with Gasteiger partial charge in [-0.15, -0.1) is 0 Å². The largest absolute Gasteiger partial charge is 0.495 e. The Morgan fingerprint density at radius 3 is 2.43 bits per heavy atom. The minimum absolute atomic E-state index is 0.142. The molecule has 0 saturated carbocycles. The number of benzene rings is 2. The Labute approximate surface area is 216 Å². The second kappa shape index (κ2) is 11.4. The number of rotatable bonds is 8. The second-order valence-corrected chi connectivity index (χ2v) is 10.2. The Hall–Kier alpha value is -4.01. The number of alkyl carbamates (subject to hydrolysis) is 1. The van der Waals surface area contributed by atoms with Crippen LogP contribution in [0.25, 0.3) is 11.0 Å². The molecule has 3 aromatic rings. The van der Waals surface area contributed by atoms with Crippen LogP contribution in [-0.2, 0) is 9.53 Å². The van der Waals surface area contributed by atoms with E-state index in [-0.39, 0.29) is 5.92 Å². The molecular formula is C28H35N3O6. The maximum Gasteiger partial charge on any atom is 0.408 e. The number of ether oxygens (including phenoxy) is 2. The van der Waals surface area contributed by atoms with E-state index in [9.17, 15) is 14.4 Å². The molecule has 1 heterocycles. The molecule has 0 spiro atoms. The topological polar surface area (TPSA) is 110 Å². The van der Waals surface area contributed by atoms with Crippen molar-refractivity contribution in [3.05, 3.63) is 59.0 Å². The van der Waals surface area contributed by atoms with Gasteiger partial charge in [-0.2, -0.15) is 0 Å². The van der Waals surface area contributed by atoms with E-state index in [2.05, 4.69) is 10.6 Å². The van der Waals surface area contributed by atoms with Gasteiger partial charge in [-0.25, -0.2) is 9.59 Å². The van der Waals surface area contributed by atoms with E-state index in [1.165, 1.54) is 13.2 Å². The van der Waals surface area contributed by atoms with Crippen molar-refractivity contribution in [1.29, 1.82) is 0 Å². The Morgan fingerprint density at radius 1 is 1.08 bits per heavy atom. The number of nitrogens with one attached hydrogen (secondary N) is 2. The SMILES string of the molecule is COc1ccc(N(C)c2cc(=O)oc3ccccc23)cc1NC(=O)[C@H](CC(C)C)NC(=O)OC(C)(C)C. The maximum atomic E-state index is 13.3. The fourth-order valence-corrected chi connectivity index (χ4v) is 3.89. The average molecular weight is 510 g/mol. The molecule has 0 aliphatic heterocycles. The Balaban J connectivity index is 1.91. The molecule has 2 N–H and O–H groups in total. The molecular weight excluding hydrogens is 474 g/mol. The maximum absolute atomic E-state index is 13.3. The Bertz CT molecular complexity index is 1330. The summed E-state index contributed by atoms with van der Waals surface area (Å²) in [6, 6.07) is 13.2. The molecule has 0 aliphatic rings. The molecule has 2 aromatic carbocycles. The lowest BCUT2D eigenvalue weighted by atomic mass is 10.0. The zero-order chi connectivity index (χ0) is 27.3. The molecule has 2 amide bonds. The number of amides is 2. The molecule has 1 aromatic heterocycles. The van der Waals surface area contributed by atoms with Gasteiger partial charge < -0.3 is 29.4 Å². The van der Waals surface area contributed by atoms with E-state index in [1.807, 2.05) is 44.0 Å². The number of nitrogens with zero attached hydrogens (tertiary/aromatic N) is 1. The van der Waals surface area contributed by atoms with E-state index in [0.29, 0.717) is 34.8 Å². The predicted molar refractivity (Wildman–Crippen MR) is 145 cm³/mol. The van der Waals surface area contributed by atoms with Crippen molar-refractivity contribution in [2.75, 3.05) is 24.4 Å². The van der Waals surface area contributed by atoms with Crippen LogP contribution in [0.15, 0.2) is 57.7 Å². The van der Waals surface area contributed by atoms with Crippen LogP contribution in [0, 0.1) is 5.92 Å². The van der Waals surface area contributed by atoms with Gasteiger partial charge in [-0.1, -0.05) is 26.0 Å². The lowest BCUT2D eigenvalue weighted by Gasteiger charge is -2.25. The van der Waals surface area contributed by atoms with Crippen molar-refractivity contribution in [2.45, 2.75) is 52.7 Å². The monoisotopic (exact) mass is 509 g/mol. The smallest absolute Gasteiger partial charge is 0.408 e. The first-order valence-electron chi connectivity index (χ1n) is 12.1. The first-order chi connectivity index (χ1) is 17.4. The first kappa shape index (κ1) is 27.6. The normalized spacial score (nSPS) is 12.2. The number of anilines is 3. The summed E-state index contributed by atoms with van der Waals surface area (Å²) >= 11 is 0. The molecule has 198 valence electrons. The zero-order valence-corrected chi connectivity index (χ0v) is 22.4. The molecule has 0 radical (unpaired) electrons. The van der Waals surface area contributed by atoms with Crippen molar-refractivity contribution in [2.24, 2.45) is 5.92 Å². The van der Waals surface area contributed by atoms with Gasteiger partial charge in [0.1, 0.15) is 23.0 Å². The minimum atomic E-state index is -0.816. The van der Waals surface area contributed by atoms with Gasteiger partial charge in [0.2, 0.25) is 5.91 Å². The van der Waals surface area contributed by atoms with Crippen LogP contribution in [0.3, 0.4) is 0 Å². The summed E-state index contributed by atoms with van der Waals surface area (Å²) < 4.78 is 16.1. The van der Waals surface area contributed by atoms with Crippen molar-refractivity contribution >= 4 is 40.0 Å². The highest BCUT2D eigenvalue weighted by Crippen LogP contribution is 2.35. The summed E-state index contributed by atoms with van der Waals surface area (Å²) in [6.07, 6.45) is -0.248. The first-order valence-corrected chi connectivity index (χ1v) is 12.1. The molecule has 9 heteroatoms. The highest BCUT2D eigenvalue weighted by Gasteiger charge is 2.26. The van der Waals surface area contributed by atoms with Crippen molar-refractivity contribution in [3.8, 4) is 5.75 Å². The van der Waals surface area contributed by atoms with Crippen LogP contribution >= 0.6 is 0 Å². The van der Waals surface area contributed by atoms with Gasteiger partial charge in [-0.05, 0) is 63.4 Å². The fraction of sp³-hybridized carbons (Fsp3) is 0.393. The van der Waals surface area contributed by atoms with E-state index in [1.54, 1.807) is 45.0 Å². The quantitative estimate of drug-likeness (QED) is 0.389. The number of para-hydroxylation sites is 1. The van der Waals surface area contributed by atoms with Crippen LogP contribution in [0.1, 0.15) is 41.0 Å². The number of carbonyl (C=O) groups is 2. The highest BCUT2D eigenvalue weighted by atomic mass is 16.6. The fourth-order valence-electron chi connectivity index (χ4n) is 3.89. The molecule has 37 heavy (non-hydrogen) atoms. The predicted octanol–water partition coefficient (Wildman–Crippen LogP) is 5.45. The lowest BCUT2D eigenvalue weighted by molar-refractivity contribution is -0.118. The number of carbonyl (C=O) groups excluding carboxylic acids is 2. The second-order valence-electron chi connectivity index (χ2n) is 10.2. The van der Waals surface area contributed by atoms with Gasteiger partial charge >= 0.3 is 11.7 Å². The molecule has 0 saturated heterocycles. The Morgan fingerprint density at radius 2 is 1.78 bits per heavy atom. The third kappa shape index (κ3) is 7.25. The van der Waals surface area contributed by atoms with Gasteiger partial charge in [-0.3, -0.25) is 4.79 Å². The van der Waals surface area contributed by atoms with Crippen molar-refractivity contribution in [3.63, 3.8) is 0 Å². The third-order valence-corrected chi connectivity index (χ3v) is 5.53. The van der Waals surface area contributed by atoms with E-state index < -0.39 is 29.3 Å². The lowest BCUT2D eigenvalue weighted by Crippen LogP contribution is -2.46. The van der Waals surface area contributed by atoms with E-state index in [4.69, 9.17) is 13.9 Å². The molecule has 0 aliphatic carbocycles. The van der Waals surface area contributed by atoms with Gasteiger partial charge in [0, 0.05) is 24.2 Å². The zero-order valence-electron chi connectivity index (χ0n) is 22.4. The summed E-state index contributed by atoms with van der Waals surface area (Å²) in [5.41, 5.74) is 1.09. The van der Waals surface area contributed by atoms with Gasteiger partial charge in [0.25, 0.3) is 0 Å². The molecule has 0 bridgehead atoms. The van der Waals surface area contributed by atoms with Crippen LogP contribution in [0.5, 0.6) is 5.75 Å². The van der Waals surface area contributed by atoms with Crippen LogP contribution in [0.4, 0.5) is 21.9 Å². The summed E-state index contributed by atoms with van der Waals surface area (Å²) in [5, 5.41) is 6.34. The van der Waals surface area contributed by atoms with E-state index >= 15 is 0 Å². The summed E-state index contributed by atoms with van der Waals surface area (Å²) in [5.74, 6) is 0.190. The van der Waals surface area contributed by atoms with Crippen molar-refractivity contribution in [1.82, 2.24) is 5.32 Å². The number of methoxy groups -OCH3 is 1. The van der Waals surface area contributed by atoms with Crippen LogP contribution < -0.4 is 25.9 Å². The Kier molecular flexibility index (Phi) is 8.47. The minimum Gasteiger partial charge on any atom is -0.495 e. The number of hydrogen-bond acceptors (Lipinski definition) is 7. The summed E-state index contributed by atoms with van der Waals surface area (Å²) in [4.78, 5) is 39.7. The molecule has 0 unspecified atom stereocenters. The highest BCUT2D eigenvalue weighted by molar-refractivity contribution is 5.99. The summed E-state index contributed by atoms with van der Waals surface area (Å²) in [7, 11) is 3.33. The third-order valence-electron chi connectivity index (χ3n) is 5.53. The molecule has 0 fully saturated rings. The van der Waals surface area contributed by atoms with Gasteiger partial charge in [0.15, 0.2) is 0 Å². The standard InChI is InChI=1S/C28H35N3O6/c1-17(2)14-21(30-27(34)37-28(3,4)5)26(33)29-20-15-18(12-13-24(20)35-7)31(6)22-16-25(32)36-23-11-9-8-10-19(22)23/h8-13,15-17,21H,14H2,1-7H3,(H,29,33)(H,30,34)/t21-/m0/s1. The summed E-state index contributed by atoms with van der Waals surface area (Å²) in [6.45, 7) is 9.21. The number of fused-ring (bicyclic) bond motifs is 1. The van der Waals surface area contributed by atoms with Gasteiger partial charge in [0.05, 0.1) is 18.5 Å². The van der Waals surface area contributed by atoms with Crippen molar-refractivity contribution < 1.29 is 23.5 Å².